The van der Waals surface area contributed by atoms with Crippen LogP contribution in [0.4, 0.5) is 58.7 Å². The van der Waals surface area contributed by atoms with Gasteiger partial charge in [0.25, 0.3) is 11.1 Å². The zero-order valence-corrected chi connectivity index (χ0v) is 48.6. The highest BCUT2D eigenvalue weighted by atomic mass is 35.5. The largest absolute Gasteiger partial charge is 0.506 e. The summed E-state index contributed by atoms with van der Waals surface area (Å²) in [5.74, 6) is -4.71. The van der Waals surface area contributed by atoms with Gasteiger partial charge in [-0.3, -0.25) is 38.1 Å². The number of carbonyl (C=O) groups is 2. The number of nitrogens with zero attached hydrogens (tertiary/aromatic N) is 14. The molecule has 4 aromatic heterocycles. The minimum atomic E-state index is -5.19. The maximum absolute atomic E-state index is 15.3. The number of hydrogen-bond acceptors (Lipinski definition) is 16. The Hall–Kier alpha value is -7.82. The maximum atomic E-state index is 15.3. The summed E-state index contributed by atoms with van der Waals surface area (Å²) in [5, 5.41) is 19.3. The van der Waals surface area contributed by atoms with E-state index in [1.165, 1.54) is 12.2 Å². The molecule has 0 spiro atoms. The first kappa shape index (κ1) is 67.7. The third-order valence-corrected chi connectivity index (χ3v) is 16.4. The number of phenols is 2. The molecular weight excluding hydrogens is 1210 g/mol. The van der Waals surface area contributed by atoms with E-state index in [4.69, 9.17) is 23.2 Å². The molecule has 88 heavy (non-hydrogen) atoms. The van der Waals surface area contributed by atoms with E-state index < -0.39 is 84.9 Å². The molecular formula is C58H68Cl2F8N14O6. The van der Waals surface area contributed by atoms with Gasteiger partial charge in [-0.1, -0.05) is 85.0 Å². The summed E-state index contributed by atoms with van der Waals surface area (Å²) in [6.07, 6.45) is -7.92. The second kappa shape index (κ2) is 26.9. The number of phenolic OH excluding ortho intramolecular Hbond substituents is 2. The number of carbonyl (C=O) groups excluding carboxylic acids is 2. The van der Waals surface area contributed by atoms with Crippen LogP contribution in [0.2, 0.25) is 10.0 Å². The van der Waals surface area contributed by atoms with E-state index >= 15 is 4.39 Å². The Morgan fingerprint density at radius 1 is 0.602 bits per heavy atom. The summed E-state index contributed by atoms with van der Waals surface area (Å²) in [5.41, 5.74) is -8.51. The van der Waals surface area contributed by atoms with Gasteiger partial charge in [0.2, 0.25) is 23.7 Å². The number of amides is 2. The zero-order chi connectivity index (χ0) is 62.4. The quantitative estimate of drug-likeness (QED) is 0.0597. The number of aromatic hydroxyl groups is 2. The number of alkyl halides is 6. The van der Waals surface area contributed by atoms with Crippen molar-refractivity contribution in [1.82, 2.24) is 48.7 Å². The Morgan fingerprint density at radius 2 is 0.989 bits per heavy atom. The molecule has 10 rings (SSSR count). The highest BCUT2D eigenvalue weighted by Crippen LogP contribution is 2.42. The third-order valence-electron chi connectivity index (χ3n) is 15.9. The fourth-order valence-corrected chi connectivity index (χ4v) is 11.6. The van der Waals surface area contributed by atoms with E-state index in [2.05, 4.69) is 42.9 Å². The van der Waals surface area contributed by atoms with Crippen molar-refractivity contribution in [1.29, 1.82) is 0 Å². The van der Waals surface area contributed by atoms with E-state index in [-0.39, 0.29) is 140 Å². The second-order valence-electron chi connectivity index (χ2n) is 20.6. The topological polar surface area (TPSA) is 196 Å². The highest BCUT2D eigenvalue weighted by Gasteiger charge is 2.42. The van der Waals surface area contributed by atoms with E-state index in [0.29, 0.717) is 32.2 Å². The molecule has 20 nitrogen and oxygen atoms in total. The van der Waals surface area contributed by atoms with Crippen LogP contribution in [0.1, 0.15) is 53.9 Å². The maximum Gasteiger partial charge on any atom is 0.431 e. The van der Waals surface area contributed by atoms with Gasteiger partial charge in [0.05, 0.1) is 20.8 Å². The summed E-state index contributed by atoms with van der Waals surface area (Å²) in [6, 6.07) is 5.59. The number of benzene rings is 2. The van der Waals surface area contributed by atoms with Crippen molar-refractivity contribution in [3.8, 4) is 22.9 Å². The van der Waals surface area contributed by atoms with Crippen molar-refractivity contribution in [3.05, 3.63) is 115 Å². The molecule has 2 amide bonds. The number of halogens is 10. The minimum absolute atomic E-state index is 0. The van der Waals surface area contributed by atoms with E-state index in [0.717, 1.165) is 56.5 Å². The number of anilines is 4. The third kappa shape index (κ3) is 12.9. The normalized spacial score (nSPS) is 15.9. The van der Waals surface area contributed by atoms with Crippen LogP contribution in [0.5, 0.6) is 11.5 Å². The van der Waals surface area contributed by atoms with Crippen LogP contribution < -0.4 is 30.7 Å². The molecule has 0 saturated carbocycles. The summed E-state index contributed by atoms with van der Waals surface area (Å²) in [4.78, 5) is 84.8. The van der Waals surface area contributed by atoms with Crippen molar-refractivity contribution in [3.63, 3.8) is 0 Å². The molecule has 0 atom stereocenters. The first-order valence-corrected chi connectivity index (χ1v) is 28.3. The highest BCUT2D eigenvalue weighted by molar-refractivity contribution is 6.36. The first-order chi connectivity index (χ1) is 40.8. The van der Waals surface area contributed by atoms with Crippen molar-refractivity contribution >= 4 is 80.4 Å². The van der Waals surface area contributed by atoms with Gasteiger partial charge in [-0.2, -0.15) is 36.3 Å². The monoisotopic (exact) mass is 1280 g/mol. The lowest BCUT2D eigenvalue weighted by atomic mass is 10.1. The van der Waals surface area contributed by atoms with Gasteiger partial charge in [-0.15, -0.1) is 0 Å². The van der Waals surface area contributed by atoms with Crippen molar-refractivity contribution in [2.45, 2.75) is 67.0 Å². The second-order valence-corrected chi connectivity index (χ2v) is 21.4. The number of likely N-dealkylation sites (N-methyl/N-ethyl adjacent to an activating group) is 2. The van der Waals surface area contributed by atoms with Gasteiger partial charge in [-0.25, -0.2) is 18.7 Å². The molecule has 476 valence electrons. The van der Waals surface area contributed by atoms with Crippen LogP contribution in [0.15, 0.2) is 71.3 Å². The van der Waals surface area contributed by atoms with E-state index in [1.807, 2.05) is 32.6 Å². The molecule has 0 bridgehead atoms. The number of piperazine rings is 2. The van der Waals surface area contributed by atoms with Crippen LogP contribution in [-0.4, -0.2) is 187 Å². The molecule has 4 fully saturated rings. The van der Waals surface area contributed by atoms with Gasteiger partial charge in [0.1, 0.15) is 51.2 Å². The predicted octanol–water partition coefficient (Wildman–Crippen LogP) is 8.60. The van der Waals surface area contributed by atoms with Crippen LogP contribution in [0.25, 0.3) is 33.2 Å². The fraction of sp³-hybridized carbons (Fsp3) is 0.448. The summed E-state index contributed by atoms with van der Waals surface area (Å²) in [6.45, 7) is 22.5. The molecule has 2 N–H and O–H groups in total. The van der Waals surface area contributed by atoms with Crippen molar-refractivity contribution in [2.24, 2.45) is 0 Å². The lowest BCUT2D eigenvalue weighted by molar-refractivity contribution is -0.143. The van der Waals surface area contributed by atoms with Crippen molar-refractivity contribution in [2.75, 3.05) is 124 Å². The molecule has 0 aliphatic carbocycles. The lowest BCUT2D eigenvalue weighted by Gasteiger charge is -2.45. The Balaban J connectivity index is 0.000000246. The zero-order valence-electron chi connectivity index (χ0n) is 47.1. The number of hydrogen-bond donors (Lipinski definition) is 2. The fourth-order valence-electron chi connectivity index (χ4n) is 11.2. The molecule has 4 aliphatic rings. The number of aromatic nitrogens is 6. The first-order valence-electron chi connectivity index (χ1n) is 27.5. The Morgan fingerprint density at radius 3 is 1.34 bits per heavy atom. The molecule has 30 heteroatoms. The van der Waals surface area contributed by atoms with Crippen LogP contribution >= 0.6 is 23.2 Å². The molecule has 0 radical (unpaired) electrons. The van der Waals surface area contributed by atoms with Gasteiger partial charge in [0, 0.05) is 90.6 Å². The predicted molar refractivity (Wildman–Crippen MR) is 323 cm³/mol. The van der Waals surface area contributed by atoms with Gasteiger partial charge in [-0.05, 0) is 68.7 Å². The van der Waals surface area contributed by atoms with Crippen molar-refractivity contribution < 1.29 is 54.9 Å². The number of fused-ring (bicyclic) bond motifs is 2. The van der Waals surface area contributed by atoms with Crippen LogP contribution in [0, 0.1) is 11.6 Å². The van der Waals surface area contributed by atoms with E-state index in [1.54, 1.807) is 24.5 Å². The molecule has 4 saturated heterocycles. The Kier molecular flexibility index (Phi) is 20.7. The molecule has 8 heterocycles. The number of rotatable bonds is 14. The smallest absolute Gasteiger partial charge is 0.431 e. The minimum Gasteiger partial charge on any atom is -0.506 e. The summed E-state index contributed by atoms with van der Waals surface area (Å²) < 4.78 is 117. The van der Waals surface area contributed by atoms with Gasteiger partial charge in [0.15, 0.2) is 17.4 Å². The lowest BCUT2D eigenvalue weighted by Crippen LogP contribution is -2.60. The summed E-state index contributed by atoms with van der Waals surface area (Å²) >= 11 is 11.8. The number of pyridine rings is 2. The molecule has 2 aromatic carbocycles. The van der Waals surface area contributed by atoms with Crippen LogP contribution in [0.3, 0.4) is 0 Å². The summed E-state index contributed by atoms with van der Waals surface area (Å²) in [7, 11) is 0. The van der Waals surface area contributed by atoms with Gasteiger partial charge < -0.3 is 39.6 Å². The molecule has 6 aromatic rings. The van der Waals surface area contributed by atoms with E-state index in [9.17, 15) is 60.1 Å². The molecule has 0 unspecified atom stereocenters. The number of para-hydroxylation sites is 1. The Labute approximate surface area is 511 Å². The van der Waals surface area contributed by atoms with Crippen LogP contribution in [-0.2, 0) is 21.9 Å². The SMILES string of the molecule is C.C.C=CC(=O)N1CCN(c2nc(N3CC(N(CC)CC)C3)nc3c(=O)n(-c4c(O)c(Cl)cc(Cl)c4F)c(C(F)(F)F)cc23)CC1.C=CC(=O)N1CCN(c2nc(N3CC(N(CC)CC)C3)nc3c(=O)n(-c4c(O)cccc4F)c(C(F)(F)F)cc23)CC1. The Bertz CT molecular complexity index is 3700. The average Bonchev–Trinajstić information content (AvgIpc) is 3.34. The standard InChI is InChI=1S/C28H29Cl2F4N7O3.C28H31F4N7O3.2CH4/c1-4-20(42)38-7-9-39(10-8-38)25-16-11-19(28(32,33)34)41(23-21(31)17(29)12-18(30)24(23)43)26(44)22(16)35-27(36-25)40-13-15(14-40)37(5-2)6-3;1-4-22(41)36-10-12-37(13-11-36)25-18-14-21(28(30,31)32)39(24-19(29)8-7-9-20(24)40)26(42)23(18)33-27(34-25)38-15-17(16-38)35(5-2)6-3;;/h4,11-12,15,43H,1,5-10,13-14H2,2-3H3;4,7-9,14,17,40H,1,5-6,10-13,15-16H2,2-3H3;2*1H4. The molecule has 4 aliphatic heterocycles. The van der Waals surface area contributed by atoms with Gasteiger partial charge >= 0.3 is 12.4 Å². The average molecular weight is 1280 g/mol.